The van der Waals surface area contributed by atoms with Crippen LogP contribution in [0.15, 0.2) is 51.1 Å². The number of benzene rings is 2. The highest BCUT2D eigenvalue weighted by atomic mass is 32.2. The van der Waals surface area contributed by atoms with Crippen LogP contribution in [0.1, 0.15) is 50.7 Å². The van der Waals surface area contributed by atoms with Crippen LogP contribution in [0.2, 0.25) is 0 Å². The lowest BCUT2D eigenvalue weighted by molar-refractivity contribution is 0.434. The maximum absolute atomic E-state index is 15.3. The number of anilines is 1. The topological polar surface area (TPSA) is 59.4 Å². The van der Waals surface area contributed by atoms with E-state index >= 15 is 4.39 Å². The molecule has 0 unspecified atom stereocenters. The minimum atomic E-state index is -4.07. The molecule has 0 saturated carbocycles. The summed E-state index contributed by atoms with van der Waals surface area (Å²) in [4.78, 5) is 15.3. The molecule has 5 nitrogen and oxygen atoms in total. The largest absolute Gasteiger partial charge is 0.369 e. The molecule has 1 fully saturated rings. The zero-order valence-corrected chi connectivity index (χ0v) is 21.2. The Morgan fingerprint density at radius 2 is 1.68 bits per heavy atom. The van der Waals surface area contributed by atoms with Gasteiger partial charge in [0.1, 0.15) is 10.7 Å². The third-order valence-electron chi connectivity index (χ3n) is 6.79. The first-order valence-electron chi connectivity index (χ1n) is 12.1. The fourth-order valence-corrected chi connectivity index (χ4v) is 6.34. The Hall–Kier alpha value is -2.67. The molecule has 0 radical (unpaired) electrons. The van der Waals surface area contributed by atoms with Gasteiger partial charge in [0.15, 0.2) is 0 Å². The summed E-state index contributed by atoms with van der Waals surface area (Å²) in [6.45, 7) is 9.98. The minimum absolute atomic E-state index is 0.0861. The van der Waals surface area contributed by atoms with Gasteiger partial charge in [0.2, 0.25) is 15.3 Å². The summed E-state index contributed by atoms with van der Waals surface area (Å²) in [6, 6.07) is 7.99. The van der Waals surface area contributed by atoms with Gasteiger partial charge in [0, 0.05) is 25.8 Å². The number of hydrogen-bond donors (Lipinski definition) is 0. The van der Waals surface area contributed by atoms with Crippen LogP contribution in [-0.2, 0) is 16.4 Å². The number of hydrogen-bond acceptors (Lipinski definition) is 4. The Balaban J connectivity index is 1.92. The second-order valence-corrected chi connectivity index (χ2v) is 11.6. The molecular formula is C27H33FN2O3S. The Morgan fingerprint density at radius 1 is 1.03 bits per heavy atom. The van der Waals surface area contributed by atoms with Gasteiger partial charge in [-0.2, -0.15) is 0 Å². The lowest BCUT2D eigenvalue weighted by Crippen LogP contribution is -2.33. The van der Waals surface area contributed by atoms with Gasteiger partial charge in [-0.15, -0.1) is 0 Å². The summed E-state index contributed by atoms with van der Waals surface area (Å²) in [5, 5.41) is 0.105. The summed E-state index contributed by atoms with van der Waals surface area (Å²) in [6.07, 6.45) is 5.16. The Morgan fingerprint density at radius 3 is 2.29 bits per heavy atom. The molecule has 0 atom stereocenters. The van der Waals surface area contributed by atoms with Gasteiger partial charge < -0.3 is 9.47 Å². The van der Waals surface area contributed by atoms with E-state index in [2.05, 4.69) is 13.8 Å². The number of nitrogens with zero attached hydrogens (tertiary/aromatic N) is 2. The van der Waals surface area contributed by atoms with Gasteiger partial charge in [0.25, 0.3) is 0 Å². The van der Waals surface area contributed by atoms with Crippen LogP contribution in [-0.4, -0.2) is 26.1 Å². The number of unbranched alkanes of at least 4 members (excludes halogenated alkanes) is 1. The van der Waals surface area contributed by atoms with Crippen LogP contribution in [0.25, 0.3) is 10.9 Å². The molecule has 0 bridgehead atoms. The van der Waals surface area contributed by atoms with E-state index in [1.807, 2.05) is 29.4 Å². The quantitative estimate of drug-likeness (QED) is 0.455. The van der Waals surface area contributed by atoms with Crippen molar-refractivity contribution in [3.63, 3.8) is 0 Å². The zero-order chi connectivity index (χ0) is 24.6. The highest BCUT2D eigenvalue weighted by Crippen LogP contribution is 2.30. The molecule has 0 N–H and O–H groups in total. The van der Waals surface area contributed by atoms with E-state index in [0.717, 1.165) is 49.9 Å². The molecule has 1 aromatic heterocycles. The number of aryl methyl sites for hydroxylation is 3. The molecule has 2 aromatic carbocycles. The highest BCUT2D eigenvalue weighted by Gasteiger charge is 2.26. The van der Waals surface area contributed by atoms with Gasteiger partial charge in [-0.1, -0.05) is 26.3 Å². The van der Waals surface area contributed by atoms with Crippen molar-refractivity contribution in [2.24, 2.45) is 5.92 Å². The highest BCUT2D eigenvalue weighted by molar-refractivity contribution is 7.91. The van der Waals surface area contributed by atoms with Crippen molar-refractivity contribution >= 4 is 26.4 Å². The van der Waals surface area contributed by atoms with Gasteiger partial charge in [0.05, 0.1) is 21.5 Å². The first-order chi connectivity index (χ1) is 16.1. The Kier molecular flexibility index (Phi) is 6.85. The van der Waals surface area contributed by atoms with Crippen LogP contribution in [0, 0.1) is 25.6 Å². The van der Waals surface area contributed by atoms with Crippen molar-refractivity contribution in [2.45, 2.75) is 69.7 Å². The molecule has 0 aliphatic carbocycles. The lowest BCUT2D eigenvalue weighted by atomic mass is 9.98. The molecule has 182 valence electrons. The average Bonchev–Trinajstić information content (AvgIpc) is 2.78. The number of rotatable bonds is 6. The van der Waals surface area contributed by atoms with Crippen LogP contribution in [0.5, 0.6) is 0 Å². The second kappa shape index (κ2) is 9.53. The molecule has 0 amide bonds. The van der Waals surface area contributed by atoms with E-state index in [1.54, 1.807) is 18.2 Å². The van der Waals surface area contributed by atoms with Gasteiger partial charge in [-0.3, -0.25) is 4.79 Å². The number of fused-ring (bicyclic) bond motifs is 1. The first-order valence-corrected chi connectivity index (χ1v) is 13.5. The van der Waals surface area contributed by atoms with Crippen LogP contribution in [0.3, 0.4) is 0 Å². The SMILES string of the molecule is CCCCn1cc(S(=O)(=O)c2cc(C)cc(C)c2)c(=O)c2cc(F)c(N3CCC(C)CC3)cc21. The van der Waals surface area contributed by atoms with Crippen molar-refractivity contribution < 1.29 is 12.8 Å². The summed E-state index contributed by atoms with van der Waals surface area (Å²) in [5.74, 6) is 0.127. The molecular weight excluding hydrogens is 451 g/mol. The fraction of sp³-hybridized carbons (Fsp3) is 0.444. The normalized spacial score (nSPS) is 15.3. The smallest absolute Gasteiger partial charge is 0.211 e. The number of halogens is 1. The van der Waals surface area contributed by atoms with Crippen LogP contribution >= 0.6 is 0 Å². The average molecular weight is 485 g/mol. The number of aromatic nitrogens is 1. The third kappa shape index (κ3) is 4.63. The van der Waals surface area contributed by atoms with E-state index in [-0.39, 0.29) is 15.2 Å². The van der Waals surface area contributed by atoms with Gasteiger partial charge >= 0.3 is 0 Å². The van der Waals surface area contributed by atoms with Crippen molar-refractivity contribution in [1.82, 2.24) is 4.57 Å². The summed E-state index contributed by atoms with van der Waals surface area (Å²) < 4.78 is 44.2. The summed E-state index contributed by atoms with van der Waals surface area (Å²) in [5.41, 5.74) is 2.01. The number of piperidine rings is 1. The molecule has 1 aliphatic rings. The van der Waals surface area contributed by atoms with Crippen LogP contribution < -0.4 is 10.3 Å². The standard InChI is InChI=1S/C27H33FN2O3S/c1-5-6-9-30-17-26(34(32,33)21-13-19(3)12-20(4)14-21)27(31)22-15-23(28)25(16-24(22)30)29-10-7-18(2)8-11-29/h12-18H,5-11H2,1-4H3. The van der Waals surface area contributed by atoms with Crippen molar-refractivity contribution in [3.05, 3.63) is 63.7 Å². The maximum Gasteiger partial charge on any atom is 0.211 e. The molecule has 7 heteroatoms. The molecule has 1 saturated heterocycles. The molecule has 1 aliphatic heterocycles. The molecule has 4 rings (SSSR count). The summed E-state index contributed by atoms with van der Waals surface area (Å²) in [7, 11) is -4.07. The van der Waals surface area contributed by atoms with E-state index in [9.17, 15) is 13.2 Å². The lowest BCUT2D eigenvalue weighted by Gasteiger charge is -2.32. The molecule has 34 heavy (non-hydrogen) atoms. The van der Waals surface area contributed by atoms with Crippen LogP contribution in [0.4, 0.5) is 10.1 Å². The van der Waals surface area contributed by atoms with E-state index in [0.29, 0.717) is 23.7 Å². The first kappa shape index (κ1) is 24.5. The fourth-order valence-electron chi connectivity index (χ4n) is 4.78. The predicted octanol–water partition coefficient (Wildman–Crippen LogP) is 5.63. The number of sulfone groups is 1. The summed E-state index contributed by atoms with van der Waals surface area (Å²) >= 11 is 0. The molecule has 3 aromatic rings. The van der Waals surface area contributed by atoms with E-state index in [4.69, 9.17) is 0 Å². The Labute approximate surface area is 201 Å². The van der Waals surface area contributed by atoms with Gasteiger partial charge in [-0.25, -0.2) is 12.8 Å². The number of pyridine rings is 1. The van der Waals surface area contributed by atoms with Crippen molar-refractivity contribution in [2.75, 3.05) is 18.0 Å². The minimum Gasteiger partial charge on any atom is -0.369 e. The molecule has 0 spiro atoms. The maximum atomic E-state index is 15.3. The van der Waals surface area contributed by atoms with Crippen molar-refractivity contribution in [1.29, 1.82) is 0 Å². The van der Waals surface area contributed by atoms with Gasteiger partial charge in [-0.05, 0) is 74.4 Å². The van der Waals surface area contributed by atoms with E-state index in [1.165, 1.54) is 12.3 Å². The third-order valence-corrected chi connectivity index (χ3v) is 8.51. The second-order valence-electron chi connectivity index (χ2n) is 9.69. The predicted molar refractivity (Wildman–Crippen MR) is 135 cm³/mol. The Bertz CT molecular complexity index is 1370. The van der Waals surface area contributed by atoms with Crippen molar-refractivity contribution in [3.8, 4) is 0 Å². The molecule has 2 heterocycles. The zero-order valence-electron chi connectivity index (χ0n) is 20.4. The van der Waals surface area contributed by atoms with E-state index < -0.39 is 21.1 Å². The monoisotopic (exact) mass is 484 g/mol.